The first kappa shape index (κ1) is 21.4. The van der Waals surface area contributed by atoms with Gasteiger partial charge in [0.1, 0.15) is 19.0 Å². The van der Waals surface area contributed by atoms with E-state index in [0.29, 0.717) is 17.1 Å². The van der Waals surface area contributed by atoms with Crippen molar-refractivity contribution in [3.05, 3.63) is 64.3 Å². The van der Waals surface area contributed by atoms with Gasteiger partial charge in [-0.3, -0.25) is 19.3 Å². The standard InChI is InChI=1S/C21H18FNO6S/c1-27-16-8-5-14(9-17(16)29-12-13-3-6-15(22)7-4-13)10-18-20(25)23(21(26)30-18)11-19(24)28-2/h3-10H,11-12H2,1-2H3/b18-10-. The van der Waals surface area contributed by atoms with Gasteiger partial charge in [0, 0.05) is 0 Å². The van der Waals surface area contributed by atoms with Gasteiger partial charge in [0.25, 0.3) is 11.1 Å². The van der Waals surface area contributed by atoms with Crippen LogP contribution < -0.4 is 9.47 Å². The summed E-state index contributed by atoms with van der Waals surface area (Å²) in [5.74, 6) is -0.684. The lowest BCUT2D eigenvalue weighted by molar-refractivity contribution is -0.143. The summed E-state index contributed by atoms with van der Waals surface area (Å²) in [6, 6.07) is 11.0. The molecule has 0 radical (unpaired) electrons. The lowest BCUT2D eigenvalue weighted by atomic mass is 10.1. The monoisotopic (exact) mass is 431 g/mol. The van der Waals surface area contributed by atoms with E-state index in [4.69, 9.17) is 9.47 Å². The molecule has 0 aliphatic carbocycles. The molecular formula is C21H18FNO6S. The summed E-state index contributed by atoms with van der Waals surface area (Å²) in [4.78, 5) is 36.9. The number of hydrogen-bond donors (Lipinski definition) is 0. The van der Waals surface area contributed by atoms with Crippen molar-refractivity contribution in [2.24, 2.45) is 0 Å². The molecule has 1 saturated heterocycles. The van der Waals surface area contributed by atoms with Crippen LogP contribution >= 0.6 is 11.8 Å². The van der Waals surface area contributed by atoms with Crippen molar-refractivity contribution in [1.82, 2.24) is 4.90 Å². The number of ether oxygens (including phenoxy) is 3. The lowest BCUT2D eigenvalue weighted by Crippen LogP contribution is -2.34. The van der Waals surface area contributed by atoms with Gasteiger partial charge in [-0.1, -0.05) is 18.2 Å². The van der Waals surface area contributed by atoms with E-state index in [1.807, 2.05) is 0 Å². The summed E-state index contributed by atoms with van der Waals surface area (Å²) in [6.07, 6.45) is 1.53. The van der Waals surface area contributed by atoms with E-state index in [9.17, 15) is 18.8 Å². The molecule has 0 aromatic heterocycles. The van der Waals surface area contributed by atoms with Gasteiger partial charge in [-0.05, 0) is 53.2 Å². The summed E-state index contributed by atoms with van der Waals surface area (Å²) in [5, 5.41) is -0.544. The zero-order chi connectivity index (χ0) is 21.7. The van der Waals surface area contributed by atoms with Crippen LogP contribution in [0, 0.1) is 5.82 Å². The number of nitrogens with zero attached hydrogens (tertiary/aromatic N) is 1. The maximum Gasteiger partial charge on any atom is 0.325 e. The third-order valence-electron chi connectivity index (χ3n) is 4.18. The highest BCUT2D eigenvalue weighted by atomic mass is 32.2. The van der Waals surface area contributed by atoms with Crippen LogP contribution in [0.5, 0.6) is 11.5 Å². The molecule has 0 unspecified atom stereocenters. The first-order valence-electron chi connectivity index (χ1n) is 8.78. The Kier molecular flexibility index (Phi) is 6.73. The van der Waals surface area contributed by atoms with Gasteiger partial charge in [-0.2, -0.15) is 0 Å². The summed E-state index contributed by atoms with van der Waals surface area (Å²) >= 11 is 0.740. The molecule has 0 N–H and O–H groups in total. The highest BCUT2D eigenvalue weighted by molar-refractivity contribution is 8.18. The molecule has 3 rings (SSSR count). The minimum absolute atomic E-state index is 0.179. The number of imide groups is 1. The average Bonchev–Trinajstić information content (AvgIpc) is 3.00. The molecule has 7 nitrogen and oxygen atoms in total. The fourth-order valence-electron chi connectivity index (χ4n) is 2.62. The van der Waals surface area contributed by atoms with Crippen molar-refractivity contribution < 1.29 is 33.0 Å². The van der Waals surface area contributed by atoms with Crippen molar-refractivity contribution in [2.45, 2.75) is 6.61 Å². The van der Waals surface area contributed by atoms with E-state index in [2.05, 4.69) is 4.74 Å². The molecule has 9 heteroatoms. The fraction of sp³-hybridized carbons (Fsp3) is 0.190. The maximum atomic E-state index is 13.0. The third kappa shape index (κ3) is 4.98. The number of halogens is 1. The van der Waals surface area contributed by atoms with Gasteiger partial charge >= 0.3 is 5.97 Å². The van der Waals surface area contributed by atoms with Crippen LogP contribution in [0.1, 0.15) is 11.1 Å². The second-order valence-electron chi connectivity index (χ2n) is 6.17. The molecule has 2 aromatic carbocycles. The molecular weight excluding hydrogens is 413 g/mol. The topological polar surface area (TPSA) is 82.1 Å². The number of benzene rings is 2. The molecule has 30 heavy (non-hydrogen) atoms. The van der Waals surface area contributed by atoms with E-state index < -0.39 is 23.7 Å². The van der Waals surface area contributed by atoms with Gasteiger partial charge in [-0.25, -0.2) is 4.39 Å². The number of rotatable bonds is 7. The quantitative estimate of drug-likeness (QED) is 0.489. The highest BCUT2D eigenvalue weighted by Crippen LogP contribution is 2.34. The molecule has 0 bridgehead atoms. The Morgan fingerprint density at radius 3 is 2.50 bits per heavy atom. The number of thioether (sulfide) groups is 1. The van der Waals surface area contributed by atoms with Crippen molar-refractivity contribution in [2.75, 3.05) is 20.8 Å². The van der Waals surface area contributed by atoms with E-state index in [1.54, 1.807) is 30.3 Å². The zero-order valence-electron chi connectivity index (χ0n) is 16.2. The predicted molar refractivity (Wildman–Crippen MR) is 108 cm³/mol. The van der Waals surface area contributed by atoms with Crippen LogP contribution in [0.15, 0.2) is 47.4 Å². The Morgan fingerprint density at radius 2 is 1.83 bits per heavy atom. The number of esters is 1. The number of amides is 2. The Balaban J connectivity index is 1.78. The second-order valence-corrected chi connectivity index (χ2v) is 7.16. The zero-order valence-corrected chi connectivity index (χ0v) is 17.0. The van der Waals surface area contributed by atoms with Gasteiger partial charge < -0.3 is 14.2 Å². The third-order valence-corrected chi connectivity index (χ3v) is 5.09. The lowest BCUT2D eigenvalue weighted by Gasteiger charge is -2.12. The molecule has 0 atom stereocenters. The Bertz CT molecular complexity index is 1010. The van der Waals surface area contributed by atoms with Gasteiger partial charge in [0.05, 0.1) is 19.1 Å². The molecule has 1 aliphatic rings. The van der Waals surface area contributed by atoms with Crippen LogP contribution in [0.4, 0.5) is 9.18 Å². The van der Waals surface area contributed by atoms with Crippen LogP contribution in [0.3, 0.4) is 0 Å². The molecule has 1 aliphatic heterocycles. The Morgan fingerprint density at radius 1 is 1.10 bits per heavy atom. The molecule has 1 fully saturated rings. The van der Waals surface area contributed by atoms with Crippen LogP contribution in [-0.4, -0.2) is 42.8 Å². The second kappa shape index (κ2) is 9.45. The minimum Gasteiger partial charge on any atom is -0.493 e. The highest BCUT2D eigenvalue weighted by Gasteiger charge is 2.36. The van der Waals surface area contributed by atoms with Crippen molar-refractivity contribution >= 4 is 35.0 Å². The van der Waals surface area contributed by atoms with Crippen LogP contribution in [0.2, 0.25) is 0 Å². The smallest absolute Gasteiger partial charge is 0.325 e. The van der Waals surface area contributed by atoms with Crippen LogP contribution in [-0.2, 0) is 20.9 Å². The van der Waals surface area contributed by atoms with Crippen LogP contribution in [0.25, 0.3) is 6.08 Å². The first-order chi connectivity index (χ1) is 14.4. The van der Waals surface area contributed by atoms with Gasteiger partial charge in [0.2, 0.25) is 0 Å². The summed E-state index contributed by atoms with van der Waals surface area (Å²) < 4.78 is 28.6. The first-order valence-corrected chi connectivity index (χ1v) is 9.60. The SMILES string of the molecule is COC(=O)CN1C(=O)S/C(=C\c2ccc(OC)c(OCc3ccc(F)cc3)c2)C1=O. The maximum absolute atomic E-state index is 13.0. The average molecular weight is 431 g/mol. The fourth-order valence-corrected chi connectivity index (χ4v) is 3.46. The van der Waals surface area contributed by atoms with Gasteiger partial charge in [-0.15, -0.1) is 0 Å². The normalized spacial score (nSPS) is 14.9. The molecule has 2 aromatic rings. The van der Waals surface area contributed by atoms with E-state index in [-0.39, 0.29) is 17.3 Å². The minimum atomic E-state index is -0.681. The summed E-state index contributed by atoms with van der Waals surface area (Å²) in [6.45, 7) is -0.247. The molecule has 0 saturated carbocycles. The Hall–Kier alpha value is -3.33. The van der Waals surface area contributed by atoms with E-state index in [1.165, 1.54) is 32.4 Å². The summed E-state index contributed by atoms with van der Waals surface area (Å²) in [7, 11) is 2.68. The van der Waals surface area contributed by atoms with Crippen molar-refractivity contribution in [3.8, 4) is 11.5 Å². The summed E-state index contributed by atoms with van der Waals surface area (Å²) in [5.41, 5.74) is 1.38. The van der Waals surface area contributed by atoms with Crippen molar-refractivity contribution in [1.29, 1.82) is 0 Å². The number of carbonyl (C=O) groups is 3. The van der Waals surface area contributed by atoms with Crippen molar-refractivity contribution in [3.63, 3.8) is 0 Å². The number of hydrogen-bond acceptors (Lipinski definition) is 7. The number of carbonyl (C=O) groups excluding carboxylic acids is 3. The molecule has 2 amide bonds. The van der Waals surface area contributed by atoms with E-state index in [0.717, 1.165) is 22.2 Å². The molecule has 156 valence electrons. The number of methoxy groups -OCH3 is 2. The van der Waals surface area contributed by atoms with E-state index >= 15 is 0 Å². The van der Waals surface area contributed by atoms with Gasteiger partial charge in [0.15, 0.2) is 11.5 Å². The Labute approximate surface area is 176 Å². The largest absolute Gasteiger partial charge is 0.493 e. The molecule has 0 spiro atoms. The molecule has 1 heterocycles. The predicted octanol–water partition coefficient (Wildman–Crippen LogP) is 3.62.